The SMILES string of the molecule is CCN1CCC[C@@H]1CN(Cc1ccc(O)cc1)C(=O)c1ccn[nH]1. The number of carbonyl (C=O) groups is 1. The number of likely N-dealkylation sites (tertiary alicyclic amines) is 1. The van der Waals surface area contributed by atoms with Crippen LogP contribution in [0.15, 0.2) is 36.5 Å². The van der Waals surface area contributed by atoms with Gasteiger partial charge in [0, 0.05) is 25.3 Å². The van der Waals surface area contributed by atoms with Crippen LogP contribution in [-0.2, 0) is 6.54 Å². The van der Waals surface area contributed by atoms with Crippen LogP contribution >= 0.6 is 0 Å². The first-order valence-corrected chi connectivity index (χ1v) is 8.48. The fraction of sp³-hybridized carbons (Fsp3) is 0.444. The molecule has 0 spiro atoms. The summed E-state index contributed by atoms with van der Waals surface area (Å²) in [5, 5.41) is 16.1. The molecule has 1 saturated heterocycles. The Hall–Kier alpha value is -2.34. The van der Waals surface area contributed by atoms with Crippen molar-refractivity contribution in [2.75, 3.05) is 19.6 Å². The van der Waals surface area contributed by atoms with Crippen molar-refractivity contribution in [1.82, 2.24) is 20.0 Å². The van der Waals surface area contributed by atoms with Gasteiger partial charge in [-0.25, -0.2) is 0 Å². The average Bonchev–Trinajstić information content (AvgIpc) is 3.27. The number of benzene rings is 1. The molecule has 1 aliphatic rings. The Kier molecular flexibility index (Phi) is 5.15. The van der Waals surface area contributed by atoms with Gasteiger partial charge in [-0.15, -0.1) is 0 Å². The molecule has 2 aromatic rings. The number of rotatable bonds is 6. The molecule has 0 bridgehead atoms. The number of phenols is 1. The van der Waals surface area contributed by atoms with Crippen molar-refractivity contribution in [3.05, 3.63) is 47.8 Å². The Morgan fingerprint density at radius 3 is 2.83 bits per heavy atom. The van der Waals surface area contributed by atoms with Crippen LogP contribution in [0, 0.1) is 0 Å². The minimum absolute atomic E-state index is 0.0384. The standard InChI is InChI=1S/C18H24N4O2/c1-2-21-11-3-4-15(21)13-22(18(24)17-9-10-19-20-17)12-14-5-7-16(23)8-6-14/h5-10,15,23H,2-4,11-13H2,1H3,(H,19,20)/t15-/m1/s1. The summed E-state index contributed by atoms with van der Waals surface area (Å²) in [6, 6.07) is 9.13. The van der Waals surface area contributed by atoms with Crippen LogP contribution in [0.5, 0.6) is 5.75 Å². The summed E-state index contributed by atoms with van der Waals surface area (Å²) < 4.78 is 0. The highest BCUT2D eigenvalue weighted by molar-refractivity contribution is 5.92. The lowest BCUT2D eigenvalue weighted by atomic mass is 10.1. The van der Waals surface area contributed by atoms with Crippen molar-refractivity contribution in [2.24, 2.45) is 0 Å². The van der Waals surface area contributed by atoms with Crippen LogP contribution in [0.1, 0.15) is 35.8 Å². The average molecular weight is 328 g/mol. The number of phenolic OH excluding ortho intramolecular Hbond substituents is 1. The van der Waals surface area contributed by atoms with Gasteiger partial charge < -0.3 is 10.0 Å². The molecule has 1 atom stereocenters. The first-order valence-electron chi connectivity index (χ1n) is 8.48. The molecule has 0 unspecified atom stereocenters. The molecule has 6 nitrogen and oxygen atoms in total. The zero-order valence-corrected chi connectivity index (χ0v) is 14.0. The number of likely N-dealkylation sites (N-methyl/N-ethyl adjacent to an activating group) is 1. The zero-order valence-electron chi connectivity index (χ0n) is 14.0. The van der Waals surface area contributed by atoms with Crippen LogP contribution in [-0.4, -0.2) is 56.7 Å². The van der Waals surface area contributed by atoms with Crippen LogP contribution in [0.25, 0.3) is 0 Å². The molecule has 128 valence electrons. The van der Waals surface area contributed by atoms with Gasteiger partial charge in [-0.05, 0) is 49.7 Å². The Bertz CT molecular complexity index is 654. The van der Waals surface area contributed by atoms with Gasteiger partial charge in [0.15, 0.2) is 0 Å². The Labute approximate surface area is 142 Å². The van der Waals surface area contributed by atoms with Crippen molar-refractivity contribution < 1.29 is 9.90 Å². The molecule has 0 aliphatic carbocycles. The molecule has 2 N–H and O–H groups in total. The maximum atomic E-state index is 12.8. The molecule has 1 fully saturated rings. The van der Waals surface area contributed by atoms with E-state index in [4.69, 9.17) is 0 Å². The predicted octanol–water partition coefficient (Wildman–Crippen LogP) is 2.24. The molecule has 1 amide bonds. The predicted molar refractivity (Wildman–Crippen MR) is 91.7 cm³/mol. The first kappa shape index (κ1) is 16.5. The van der Waals surface area contributed by atoms with Gasteiger partial charge >= 0.3 is 0 Å². The van der Waals surface area contributed by atoms with E-state index in [1.54, 1.807) is 24.4 Å². The lowest BCUT2D eigenvalue weighted by Gasteiger charge is -2.30. The highest BCUT2D eigenvalue weighted by atomic mass is 16.3. The third-order valence-corrected chi connectivity index (χ3v) is 4.66. The van der Waals surface area contributed by atoms with Crippen molar-refractivity contribution in [3.63, 3.8) is 0 Å². The molecular formula is C18H24N4O2. The van der Waals surface area contributed by atoms with E-state index in [0.717, 1.165) is 25.1 Å². The van der Waals surface area contributed by atoms with E-state index in [0.29, 0.717) is 24.8 Å². The van der Waals surface area contributed by atoms with Crippen LogP contribution in [0.4, 0.5) is 0 Å². The summed E-state index contributed by atoms with van der Waals surface area (Å²) in [5.41, 5.74) is 1.51. The Balaban J connectivity index is 1.77. The number of H-pyrrole nitrogens is 1. The fourth-order valence-corrected chi connectivity index (χ4v) is 3.36. The Morgan fingerprint density at radius 2 is 2.17 bits per heavy atom. The third kappa shape index (κ3) is 3.76. The number of aromatic amines is 1. The lowest BCUT2D eigenvalue weighted by molar-refractivity contribution is 0.0686. The molecule has 1 aromatic carbocycles. The molecule has 6 heteroatoms. The van der Waals surface area contributed by atoms with Gasteiger partial charge in [-0.1, -0.05) is 19.1 Å². The van der Waals surface area contributed by atoms with Crippen molar-refractivity contribution >= 4 is 5.91 Å². The molecule has 1 aliphatic heterocycles. The maximum absolute atomic E-state index is 12.8. The van der Waals surface area contributed by atoms with E-state index < -0.39 is 0 Å². The largest absolute Gasteiger partial charge is 0.508 e. The maximum Gasteiger partial charge on any atom is 0.272 e. The minimum atomic E-state index is -0.0384. The second-order valence-electron chi connectivity index (χ2n) is 6.25. The van der Waals surface area contributed by atoms with Gasteiger partial charge in [-0.3, -0.25) is 14.8 Å². The summed E-state index contributed by atoms with van der Waals surface area (Å²) in [6.07, 6.45) is 3.90. The monoisotopic (exact) mass is 328 g/mol. The van der Waals surface area contributed by atoms with Gasteiger partial charge in [0.25, 0.3) is 5.91 Å². The number of hydrogen-bond acceptors (Lipinski definition) is 4. The van der Waals surface area contributed by atoms with Crippen molar-refractivity contribution in [1.29, 1.82) is 0 Å². The number of nitrogens with zero attached hydrogens (tertiary/aromatic N) is 3. The second-order valence-corrected chi connectivity index (χ2v) is 6.25. The van der Waals surface area contributed by atoms with Gasteiger partial charge in [0.1, 0.15) is 11.4 Å². The lowest BCUT2D eigenvalue weighted by Crippen LogP contribution is -2.42. The van der Waals surface area contributed by atoms with Crippen LogP contribution in [0.3, 0.4) is 0 Å². The van der Waals surface area contributed by atoms with Gasteiger partial charge in [-0.2, -0.15) is 5.10 Å². The van der Waals surface area contributed by atoms with Gasteiger partial charge in [0.2, 0.25) is 0 Å². The van der Waals surface area contributed by atoms with Crippen LogP contribution in [0.2, 0.25) is 0 Å². The number of aromatic nitrogens is 2. The number of aromatic hydroxyl groups is 1. The fourth-order valence-electron chi connectivity index (χ4n) is 3.36. The zero-order chi connectivity index (χ0) is 16.9. The van der Waals surface area contributed by atoms with E-state index in [2.05, 4.69) is 22.0 Å². The van der Waals surface area contributed by atoms with E-state index >= 15 is 0 Å². The molecule has 0 radical (unpaired) electrons. The molecule has 1 aromatic heterocycles. The summed E-state index contributed by atoms with van der Waals surface area (Å²) in [5.74, 6) is 0.196. The molecule has 3 rings (SSSR count). The summed E-state index contributed by atoms with van der Waals surface area (Å²) in [4.78, 5) is 17.2. The third-order valence-electron chi connectivity index (χ3n) is 4.66. The van der Waals surface area contributed by atoms with E-state index in [9.17, 15) is 9.90 Å². The molecule has 2 heterocycles. The number of nitrogens with one attached hydrogen (secondary N) is 1. The molecule has 0 saturated carbocycles. The topological polar surface area (TPSA) is 72.5 Å². The quantitative estimate of drug-likeness (QED) is 0.853. The van der Waals surface area contributed by atoms with E-state index in [1.165, 1.54) is 6.42 Å². The normalized spacial score (nSPS) is 18.0. The highest BCUT2D eigenvalue weighted by Gasteiger charge is 2.28. The van der Waals surface area contributed by atoms with Crippen molar-refractivity contribution in [2.45, 2.75) is 32.4 Å². The van der Waals surface area contributed by atoms with Gasteiger partial charge in [0.05, 0.1) is 0 Å². The van der Waals surface area contributed by atoms with E-state index in [-0.39, 0.29) is 11.7 Å². The molecular weight excluding hydrogens is 304 g/mol. The summed E-state index contributed by atoms with van der Waals surface area (Å²) in [6.45, 7) is 5.50. The van der Waals surface area contributed by atoms with Crippen LogP contribution < -0.4 is 0 Å². The number of carbonyl (C=O) groups excluding carboxylic acids is 1. The first-order chi connectivity index (χ1) is 11.7. The summed E-state index contributed by atoms with van der Waals surface area (Å²) >= 11 is 0. The second kappa shape index (κ2) is 7.49. The number of amides is 1. The van der Waals surface area contributed by atoms with E-state index in [1.807, 2.05) is 17.0 Å². The molecule has 24 heavy (non-hydrogen) atoms. The summed E-state index contributed by atoms with van der Waals surface area (Å²) in [7, 11) is 0. The number of hydrogen-bond donors (Lipinski definition) is 2. The van der Waals surface area contributed by atoms with Crippen molar-refractivity contribution in [3.8, 4) is 5.75 Å². The minimum Gasteiger partial charge on any atom is -0.508 e. The smallest absolute Gasteiger partial charge is 0.272 e. The highest BCUT2D eigenvalue weighted by Crippen LogP contribution is 2.20. The Morgan fingerprint density at radius 1 is 1.38 bits per heavy atom.